The van der Waals surface area contributed by atoms with Gasteiger partial charge in [-0.1, -0.05) is 24.3 Å². The van der Waals surface area contributed by atoms with Crippen LogP contribution < -0.4 is 9.47 Å². The molecule has 156 valence electrons. The summed E-state index contributed by atoms with van der Waals surface area (Å²) in [4.78, 5) is 45.8. The maximum atomic E-state index is 12.2. The Hall–Kier alpha value is -4.64. The number of hydrogen-bond acceptors (Lipinski definition) is 8. The molecule has 0 heterocycles. The molecule has 0 aliphatic rings. The summed E-state index contributed by atoms with van der Waals surface area (Å²) < 4.78 is 9.83. The van der Waals surface area contributed by atoms with E-state index >= 15 is 0 Å². The van der Waals surface area contributed by atoms with Crippen LogP contribution in [0.25, 0.3) is 12.2 Å². The average molecular weight is 420 g/mol. The number of phenols is 2. The van der Waals surface area contributed by atoms with Crippen LogP contribution in [-0.4, -0.2) is 40.8 Å². The smallest absolute Gasteiger partial charge is 0.200 e. The molecule has 0 aliphatic heterocycles. The Labute approximate surface area is 176 Å². The third-order valence-electron chi connectivity index (χ3n) is 3.87. The van der Waals surface area contributed by atoms with Gasteiger partial charge < -0.3 is 19.7 Å². The van der Waals surface area contributed by atoms with Crippen LogP contribution in [0.5, 0.6) is 23.0 Å². The molecule has 2 rings (SSSR count). The van der Waals surface area contributed by atoms with Crippen LogP contribution in [0.4, 0.5) is 0 Å². The fraction of sp³-hybridized carbons (Fsp3) is 0.0435. The summed E-state index contributed by atoms with van der Waals surface area (Å²) >= 11 is 0. The molecule has 0 amide bonds. The van der Waals surface area contributed by atoms with Gasteiger partial charge in [0.15, 0.2) is 40.8 Å². The highest BCUT2D eigenvalue weighted by atomic mass is 16.5. The number of allylic oxidation sites excluding steroid dienone is 3. The molecule has 0 bridgehead atoms. The minimum Gasteiger partial charge on any atom is -0.504 e. The zero-order chi connectivity index (χ0) is 22.8. The van der Waals surface area contributed by atoms with E-state index in [-0.39, 0.29) is 23.0 Å². The van der Waals surface area contributed by atoms with Crippen molar-refractivity contribution in [1.82, 2.24) is 0 Å². The molecule has 2 N–H and O–H groups in total. The maximum Gasteiger partial charge on any atom is 0.200 e. The lowest BCUT2D eigenvalue weighted by Crippen LogP contribution is -2.09. The SMILES string of the molecule is COc1cc(/C=C/C(=O)C(=C=O)C(=O)/C=C/c2ccc(O)c(OC=C=O)c2)ccc1O. The Kier molecular flexibility index (Phi) is 7.88. The Balaban J connectivity index is 2.15. The third-order valence-corrected chi connectivity index (χ3v) is 3.87. The zero-order valence-electron chi connectivity index (χ0n) is 16.2. The van der Waals surface area contributed by atoms with E-state index in [1.807, 2.05) is 0 Å². The van der Waals surface area contributed by atoms with Crippen LogP contribution in [0.3, 0.4) is 0 Å². The van der Waals surface area contributed by atoms with Gasteiger partial charge in [0, 0.05) is 0 Å². The molecule has 8 heteroatoms. The van der Waals surface area contributed by atoms with Gasteiger partial charge in [-0.2, -0.15) is 0 Å². The number of benzene rings is 2. The van der Waals surface area contributed by atoms with E-state index < -0.39 is 17.1 Å². The summed E-state index contributed by atoms with van der Waals surface area (Å²) in [6, 6.07) is 8.40. The molecule has 2 aromatic carbocycles. The predicted molar refractivity (Wildman–Crippen MR) is 111 cm³/mol. The third kappa shape index (κ3) is 6.17. The number of carbonyl (C=O) groups excluding carboxylic acids is 4. The Morgan fingerprint density at radius 2 is 1.39 bits per heavy atom. The second kappa shape index (κ2) is 10.8. The van der Waals surface area contributed by atoms with E-state index in [1.165, 1.54) is 67.5 Å². The first-order valence-electron chi connectivity index (χ1n) is 8.65. The molecule has 2 aromatic rings. The molecule has 0 fully saturated rings. The minimum absolute atomic E-state index is 0.0487. The van der Waals surface area contributed by atoms with Gasteiger partial charge in [-0.05, 0) is 47.5 Å². The summed E-state index contributed by atoms with van der Waals surface area (Å²) in [5.41, 5.74) is 0.180. The lowest BCUT2D eigenvalue weighted by atomic mass is 10.1. The standard InChI is InChI=1S/C23H16O8/c1-30-22-12-15(4-8-20(22)28)2-6-18(26)17(14-25)19(27)7-3-16-5-9-21(29)23(13-16)31-11-10-24/h2-9,11-13,28-29H,1H3/b6-2+,7-3+. The van der Waals surface area contributed by atoms with Crippen molar-refractivity contribution in [3.8, 4) is 23.0 Å². The summed E-state index contributed by atoms with van der Waals surface area (Å²) in [5.74, 6) is 0.822. The molecule has 0 unspecified atom stereocenters. The molecule has 0 saturated carbocycles. The fourth-order valence-electron chi connectivity index (χ4n) is 2.35. The predicted octanol–water partition coefficient (Wildman–Crippen LogP) is 2.45. The molecule has 31 heavy (non-hydrogen) atoms. The topological polar surface area (TPSA) is 127 Å². The van der Waals surface area contributed by atoms with Crippen molar-refractivity contribution >= 4 is 35.6 Å². The summed E-state index contributed by atoms with van der Waals surface area (Å²) in [6.07, 6.45) is 5.36. The van der Waals surface area contributed by atoms with Gasteiger partial charge in [-0.25, -0.2) is 9.59 Å². The van der Waals surface area contributed by atoms with Crippen molar-refractivity contribution in [2.45, 2.75) is 0 Å². The Morgan fingerprint density at radius 1 is 0.871 bits per heavy atom. The number of ketones is 2. The van der Waals surface area contributed by atoms with Crippen LogP contribution in [0.1, 0.15) is 11.1 Å². The number of carbonyl (C=O) groups is 2. The van der Waals surface area contributed by atoms with E-state index in [1.54, 1.807) is 0 Å². The summed E-state index contributed by atoms with van der Waals surface area (Å²) in [7, 11) is 1.37. The van der Waals surface area contributed by atoms with Gasteiger partial charge in [-0.15, -0.1) is 0 Å². The number of rotatable bonds is 9. The monoisotopic (exact) mass is 420 g/mol. The highest BCUT2D eigenvalue weighted by molar-refractivity contribution is 6.33. The van der Waals surface area contributed by atoms with Gasteiger partial charge in [0.1, 0.15) is 5.94 Å². The highest BCUT2D eigenvalue weighted by Crippen LogP contribution is 2.28. The average Bonchev–Trinajstić information content (AvgIpc) is 2.77. The molecule has 0 radical (unpaired) electrons. The molecule has 0 spiro atoms. The first kappa shape index (κ1) is 22.6. The maximum absolute atomic E-state index is 12.2. The van der Waals surface area contributed by atoms with Crippen molar-refractivity contribution < 1.29 is 38.9 Å². The second-order valence-corrected chi connectivity index (χ2v) is 5.88. The van der Waals surface area contributed by atoms with Crippen molar-refractivity contribution in [2.24, 2.45) is 0 Å². The van der Waals surface area contributed by atoms with Crippen molar-refractivity contribution in [1.29, 1.82) is 0 Å². The van der Waals surface area contributed by atoms with Crippen molar-refractivity contribution in [3.63, 3.8) is 0 Å². The Bertz CT molecular complexity index is 1160. The van der Waals surface area contributed by atoms with Gasteiger partial charge in [0.2, 0.25) is 11.6 Å². The highest BCUT2D eigenvalue weighted by Gasteiger charge is 2.15. The number of methoxy groups -OCH3 is 1. The molecule has 0 aliphatic carbocycles. The van der Waals surface area contributed by atoms with Crippen molar-refractivity contribution in [3.05, 3.63) is 71.5 Å². The van der Waals surface area contributed by atoms with E-state index in [0.717, 1.165) is 12.2 Å². The first-order valence-corrected chi connectivity index (χ1v) is 8.65. The molecule has 0 saturated heterocycles. The van der Waals surface area contributed by atoms with Gasteiger partial charge >= 0.3 is 0 Å². The number of hydrogen-bond donors (Lipinski definition) is 2. The van der Waals surface area contributed by atoms with E-state index in [2.05, 4.69) is 0 Å². The quantitative estimate of drug-likeness (QED) is 0.208. The zero-order valence-corrected chi connectivity index (χ0v) is 16.2. The molecule has 8 nitrogen and oxygen atoms in total. The minimum atomic E-state index is -0.878. The van der Waals surface area contributed by atoms with E-state index in [9.17, 15) is 29.4 Å². The summed E-state index contributed by atoms with van der Waals surface area (Å²) in [6.45, 7) is 0. The molecule has 0 atom stereocenters. The number of ether oxygens (including phenoxy) is 2. The van der Waals surface area contributed by atoms with Crippen molar-refractivity contribution in [2.75, 3.05) is 7.11 Å². The van der Waals surface area contributed by atoms with Crippen LogP contribution in [0, 0.1) is 0 Å². The largest absolute Gasteiger partial charge is 0.504 e. The number of aromatic hydroxyl groups is 2. The lowest BCUT2D eigenvalue weighted by molar-refractivity contribution is -0.116. The second-order valence-electron chi connectivity index (χ2n) is 5.88. The first-order chi connectivity index (χ1) is 14.9. The molecule has 0 aromatic heterocycles. The number of phenolic OH excluding ortho intramolecular Hbond substituents is 2. The van der Waals surface area contributed by atoms with E-state index in [4.69, 9.17) is 9.47 Å². The lowest BCUT2D eigenvalue weighted by Gasteiger charge is -2.03. The van der Waals surface area contributed by atoms with Crippen LogP contribution in [0.2, 0.25) is 0 Å². The van der Waals surface area contributed by atoms with E-state index in [0.29, 0.717) is 17.4 Å². The van der Waals surface area contributed by atoms with Gasteiger partial charge in [-0.3, -0.25) is 9.59 Å². The molecular weight excluding hydrogens is 404 g/mol. The molecular formula is C23H16O8. The van der Waals surface area contributed by atoms with Gasteiger partial charge in [0.05, 0.1) is 7.11 Å². The van der Waals surface area contributed by atoms with Crippen LogP contribution in [0.15, 0.2) is 60.4 Å². The van der Waals surface area contributed by atoms with Crippen LogP contribution >= 0.6 is 0 Å². The summed E-state index contributed by atoms with van der Waals surface area (Å²) in [5, 5.41) is 19.2. The Morgan fingerprint density at radius 3 is 1.87 bits per heavy atom. The van der Waals surface area contributed by atoms with Crippen LogP contribution in [-0.2, 0) is 19.2 Å². The normalized spacial score (nSPS) is 10.4. The fourth-order valence-corrected chi connectivity index (χ4v) is 2.35. The van der Waals surface area contributed by atoms with Gasteiger partial charge in [0.25, 0.3) is 0 Å².